The maximum atomic E-state index is 12.8. The number of nitrogens with one attached hydrogen (secondary N) is 2. The molecule has 170 valence electrons. The van der Waals surface area contributed by atoms with Gasteiger partial charge in [-0.1, -0.05) is 44.0 Å². The molecule has 0 atom stereocenters. The fraction of sp³-hybridized carbons (Fsp3) is 0.217. The van der Waals surface area contributed by atoms with E-state index in [0.717, 1.165) is 5.69 Å². The van der Waals surface area contributed by atoms with Crippen molar-refractivity contribution < 1.29 is 14.3 Å². The average molecular weight is 486 g/mol. The minimum Gasteiger partial charge on any atom is -0.465 e. The number of hydrogen-bond donors (Lipinski definition) is 2. The first-order valence-electron chi connectivity index (χ1n) is 10.0. The van der Waals surface area contributed by atoms with Crippen LogP contribution in [0.1, 0.15) is 47.2 Å². The molecule has 10 heteroatoms. The monoisotopic (exact) mass is 485 g/mol. The van der Waals surface area contributed by atoms with Gasteiger partial charge >= 0.3 is 5.97 Å². The summed E-state index contributed by atoms with van der Waals surface area (Å²) in [7, 11) is 1.30. The van der Waals surface area contributed by atoms with Crippen LogP contribution in [0.5, 0.6) is 0 Å². The summed E-state index contributed by atoms with van der Waals surface area (Å²) in [4.78, 5) is 29.0. The Morgan fingerprint density at radius 2 is 1.73 bits per heavy atom. The number of rotatable bonds is 4. The highest BCUT2D eigenvalue weighted by Crippen LogP contribution is 2.34. The van der Waals surface area contributed by atoms with Crippen molar-refractivity contribution in [1.82, 2.24) is 19.8 Å². The number of carbonyl (C=O) groups is 2. The van der Waals surface area contributed by atoms with Crippen LogP contribution in [0, 0.1) is 0 Å². The maximum Gasteiger partial charge on any atom is 0.337 e. The number of anilines is 1. The van der Waals surface area contributed by atoms with Crippen LogP contribution in [0.4, 0.5) is 5.69 Å². The quantitative estimate of drug-likeness (QED) is 0.378. The van der Waals surface area contributed by atoms with Crippen LogP contribution >= 0.6 is 23.2 Å². The molecule has 4 aromatic rings. The number of aromatic amines is 1. The molecule has 2 aromatic carbocycles. The number of ether oxygens (including phenoxy) is 1. The van der Waals surface area contributed by atoms with E-state index < -0.39 is 5.97 Å². The minimum atomic E-state index is -0.475. The van der Waals surface area contributed by atoms with Crippen LogP contribution < -0.4 is 5.32 Å². The van der Waals surface area contributed by atoms with Gasteiger partial charge < -0.3 is 10.1 Å². The molecule has 0 saturated heterocycles. The van der Waals surface area contributed by atoms with Crippen molar-refractivity contribution >= 4 is 46.4 Å². The summed E-state index contributed by atoms with van der Waals surface area (Å²) in [5, 5.41) is 11.5. The lowest BCUT2D eigenvalue weighted by atomic mass is 9.92. The van der Waals surface area contributed by atoms with Gasteiger partial charge in [-0.2, -0.15) is 4.63 Å². The molecule has 33 heavy (non-hydrogen) atoms. The van der Waals surface area contributed by atoms with E-state index in [4.69, 9.17) is 23.2 Å². The number of nitrogens with zero attached hydrogens (tertiary/aromatic N) is 3. The standard InChI is InChI=1S/C23H21Cl2N5O3/c1-23(2,3)18-17(25)20-27-19(29-30(20)28-18)15-11-14(24)9-10-16(15)26-21(31)12-5-7-13(8-6-12)22(32)33-4/h5-11,28H,1-4H3,(H,26,31). The van der Waals surface area contributed by atoms with Gasteiger partial charge in [0.1, 0.15) is 5.02 Å². The highest BCUT2D eigenvalue weighted by Gasteiger charge is 2.25. The van der Waals surface area contributed by atoms with Crippen LogP contribution in [-0.4, -0.2) is 38.8 Å². The van der Waals surface area contributed by atoms with Crippen molar-refractivity contribution in [3.63, 3.8) is 0 Å². The SMILES string of the molecule is COC(=O)c1ccc(C(=O)Nc2ccc(Cl)cc2-c2nc3c(Cl)c(C(C)(C)C)[nH]n3n2)cc1. The zero-order valence-corrected chi connectivity index (χ0v) is 19.9. The smallest absolute Gasteiger partial charge is 0.337 e. The third-order valence-corrected chi connectivity index (χ3v) is 5.62. The average Bonchev–Trinajstić information content (AvgIpc) is 3.33. The normalized spacial score (nSPS) is 11.6. The topological polar surface area (TPSA) is 101 Å². The first-order chi connectivity index (χ1) is 15.6. The summed E-state index contributed by atoms with van der Waals surface area (Å²) in [6.45, 7) is 6.11. The Hall–Kier alpha value is -3.36. The molecule has 2 N–H and O–H groups in total. The predicted molar refractivity (Wildman–Crippen MR) is 127 cm³/mol. The number of aromatic nitrogens is 4. The van der Waals surface area contributed by atoms with E-state index in [-0.39, 0.29) is 11.3 Å². The van der Waals surface area contributed by atoms with Crippen LogP contribution in [0.15, 0.2) is 42.5 Å². The predicted octanol–water partition coefficient (Wildman–Crippen LogP) is 5.37. The van der Waals surface area contributed by atoms with E-state index >= 15 is 0 Å². The maximum absolute atomic E-state index is 12.8. The number of amides is 1. The first kappa shape index (κ1) is 22.8. The minimum absolute atomic E-state index is 0.210. The number of halogens is 2. The molecule has 0 aliphatic heterocycles. The second-order valence-corrected chi connectivity index (χ2v) is 9.25. The van der Waals surface area contributed by atoms with Gasteiger partial charge in [0.2, 0.25) is 0 Å². The van der Waals surface area contributed by atoms with Crippen LogP contribution in [0.2, 0.25) is 10.0 Å². The Bertz CT molecular complexity index is 1370. The highest BCUT2D eigenvalue weighted by molar-refractivity contribution is 6.34. The molecule has 0 saturated carbocycles. The lowest BCUT2D eigenvalue weighted by Crippen LogP contribution is -2.13. The Morgan fingerprint density at radius 3 is 2.33 bits per heavy atom. The first-order valence-corrected chi connectivity index (χ1v) is 10.8. The number of hydrogen-bond acceptors (Lipinski definition) is 5. The van der Waals surface area contributed by atoms with Crippen LogP contribution in [0.3, 0.4) is 0 Å². The van der Waals surface area contributed by atoms with Crippen molar-refractivity contribution in [1.29, 1.82) is 0 Å². The molecule has 8 nitrogen and oxygen atoms in total. The fourth-order valence-corrected chi connectivity index (χ4v) is 3.91. The van der Waals surface area contributed by atoms with Crippen LogP contribution in [-0.2, 0) is 10.2 Å². The summed E-state index contributed by atoms with van der Waals surface area (Å²) >= 11 is 12.8. The Balaban J connectivity index is 1.67. The summed E-state index contributed by atoms with van der Waals surface area (Å²) in [6, 6.07) is 11.1. The van der Waals surface area contributed by atoms with Crippen molar-refractivity contribution in [2.75, 3.05) is 12.4 Å². The van der Waals surface area contributed by atoms with Gasteiger partial charge in [-0.15, -0.1) is 5.10 Å². The molecular formula is C23H21Cl2N5O3. The lowest BCUT2D eigenvalue weighted by molar-refractivity contribution is 0.0600. The Labute approximate surface area is 199 Å². The number of esters is 1. The van der Waals surface area contributed by atoms with Gasteiger partial charge in [0.25, 0.3) is 5.91 Å². The lowest BCUT2D eigenvalue weighted by Gasteiger charge is -2.16. The molecular weight excluding hydrogens is 465 g/mol. The number of H-pyrrole nitrogens is 1. The van der Waals surface area contributed by atoms with E-state index in [1.807, 2.05) is 20.8 Å². The molecule has 2 heterocycles. The van der Waals surface area contributed by atoms with Gasteiger partial charge in [0, 0.05) is 21.6 Å². The van der Waals surface area contributed by atoms with E-state index in [1.165, 1.54) is 23.9 Å². The van der Waals surface area contributed by atoms with Gasteiger partial charge in [-0.05, 0) is 42.5 Å². The van der Waals surface area contributed by atoms with Gasteiger partial charge in [-0.3, -0.25) is 9.89 Å². The highest BCUT2D eigenvalue weighted by atomic mass is 35.5. The van der Waals surface area contributed by atoms with Crippen molar-refractivity contribution in [2.45, 2.75) is 26.2 Å². The fourth-order valence-electron chi connectivity index (χ4n) is 3.29. The third-order valence-electron chi connectivity index (χ3n) is 5.03. The number of methoxy groups -OCH3 is 1. The molecule has 0 aliphatic rings. The number of carbonyl (C=O) groups excluding carboxylic acids is 2. The summed E-state index contributed by atoms with van der Waals surface area (Å²) < 4.78 is 6.19. The Kier molecular flexibility index (Phi) is 5.90. The summed E-state index contributed by atoms with van der Waals surface area (Å²) in [6.07, 6.45) is 0. The van der Waals surface area contributed by atoms with Gasteiger partial charge in [-0.25, -0.2) is 9.78 Å². The van der Waals surface area contributed by atoms with Crippen molar-refractivity contribution in [3.8, 4) is 11.4 Å². The largest absolute Gasteiger partial charge is 0.465 e. The van der Waals surface area contributed by atoms with E-state index in [1.54, 1.807) is 30.3 Å². The molecule has 2 aromatic heterocycles. The molecule has 0 radical (unpaired) electrons. The van der Waals surface area contributed by atoms with E-state index in [9.17, 15) is 9.59 Å². The zero-order valence-electron chi connectivity index (χ0n) is 18.4. The second-order valence-electron chi connectivity index (χ2n) is 8.43. The van der Waals surface area contributed by atoms with E-state index in [2.05, 4.69) is 25.2 Å². The zero-order chi connectivity index (χ0) is 23.9. The molecule has 0 aliphatic carbocycles. The van der Waals surface area contributed by atoms with Gasteiger partial charge in [0.15, 0.2) is 11.5 Å². The van der Waals surface area contributed by atoms with Crippen LogP contribution in [0.25, 0.3) is 17.0 Å². The third kappa shape index (κ3) is 4.44. The Morgan fingerprint density at radius 1 is 1.06 bits per heavy atom. The number of benzene rings is 2. The summed E-state index contributed by atoms with van der Waals surface area (Å²) in [5.74, 6) is -0.493. The molecule has 0 bridgehead atoms. The number of fused-ring (bicyclic) bond motifs is 1. The molecule has 1 amide bonds. The van der Waals surface area contributed by atoms with Crippen molar-refractivity contribution in [3.05, 3.63) is 69.3 Å². The summed E-state index contributed by atoms with van der Waals surface area (Å²) in [5.41, 5.74) is 2.82. The molecule has 0 unspecified atom stereocenters. The van der Waals surface area contributed by atoms with Gasteiger partial charge in [0.05, 0.1) is 24.1 Å². The molecule has 4 rings (SSSR count). The van der Waals surface area contributed by atoms with Crippen molar-refractivity contribution in [2.24, 2.45) is 0 Å². The second kappa shape index (κ2) is 8.53. The molecule has 0 spiro atoms. The molecule has 0 fully saturated rings. The van der Waals surface area contributed by atoms with E-state index in [0.29, 0.717) is 43.9 Å².